The molecule has 0 fully saturated rings. The summed E-state index contributed by atoms with van der Waals surface area (Å²) in [4.78, 5) is 11.4. The second-order valence-electron chi connectivity index (χ2n) is 3.62. The highest BCUT2D eigenvalue weighted by molar-refractivity contribution is 6.32. The molecular formula is C13H18ClNO3. The van der Waals surface area contributed by atoms with Gasteiger partial charge >= 0.3 is 0 Å². The first-order valence-electron chi connectivity index (χ1n) is 5.95. The van der Waals surface area contributed by atoms with Crippen molar-refractivity contribution in [1.82, 2.24) is 5.32 Å². The van der Waals surface area contributed by atoms with Gasteiger partial charge < -0.3 is 14.8 Å². The molecule has 18 heavy (non-hydrogen) atoms. The standard InChI is InChI=1S/C13H18ClNO3/c1-2-17-9-5-8-15-13(16)10-18-12-7-4-3-6-11(12)14/h3-4,6-7H,2,5,8-10H2,1H3,(H,15,16). The van der Waals surface area contributed by atoms with Gasteiger partial charge in [-0.3, -0.25) is 4.79 Å². The first kappa shape index (κ1) is 14.8. The van der Waals surface area contributed by atoms with Crippen molar-refractivity contribution in [1.29, 1.82) is 0 Å². The Morgan fingerprint density at radius 2 is 2.17 bits per heavy atom. The van der Waals surface area contributed by atoms with E-state index in [-0.39, 0.29) is 12.5 Å². The minimum absolute atomic E-state index is 0.0294. The topological polar surface area (TPSA) is 47.6 Å². The predicted molar refractivity (Wildman–Crippen MR) is 71.1 cm³/mol. The van der Waals surface area contributed by atoms with Crippen molar-refractivity contribution in [2.24, 2.45) is 0 Å². The minimum atomic E-state index is -0.161. The van der Waals surface area contributed by atoms with Gasteiger partial charge in [-0.05, 0) is 25.5 Å². The van der Waals surface area contributed by atoms with Crippen LogP contribution in [0.5, 0.6) is 5.75 Å². The summed E-state index contributed by atoms with van der Waals surface area (Å²) < 4.78 is 10.5. The van der Waals surface area contributed by atoms with Gasteiger partial charge in [-0.1, -0.05) is 23.7 Å². The molecule has 0 spiro atoms. The van der Waals surface area contributed by atoms with Crippen LogP contribution in [-0.2, 0) is 9.53 Å². The van der Waals surface area contributed by atoms with Crippen molar-refractivity contribution in [2.75, 3.05) is 26.4 Å². The molecule has 0 radical (unpaired) electrons. The molecule has 100 valence electrons. The number of carbonyl (C=O) groups excluding carboxylic acids is 1. The van der Waals surface area contributed by atoms with Gasteiger partial charge in [0.25, 0.3) is 5.91 Å². The highest BCUT2D eigenvalue weighted by atomic mass is 35.5. The van der Waals surface area contributed by atoms with Crippen molar-refractivity contribution < 1.29 is 14.3 Å². The number of hydrogen-bond donors (Lipinski definition) is 1. The van der Waals surface area contributed by atoms with E-state index in [4.69, 9.17) is 21.1 Å². The number of carbonyl (C=O) groups is 1. The maximum absolute atomic E-state index is 11.4. The van der Waals surface area contributed by atoms with Gasteiger partial charge in [0.05, 0.1) is 5.02 Å². The highest BCUT2D eigenvalue weighted by Gasteiger charge is 2.04. The number of ether oxygens (including phenoxy) is 2. The van der Waals surface area contributed by atoms with Gasteiger partial charge in [-0.25, -0.2) is 0 Å². The van der Waals surface area contributed by atoms with E-state index in [1.165, 1.54) is 0 Å². The SMILES string of the molecule is CCOCCCNC(=O)COc1ccccc1Cl. The molecule has 0 aromatic heterocycles. The summed E-state index contributed by atoms with van der Waals surface area (Å²) in [6, 6.07) is 7.06. The fourth-order valence-corrected chi connectivity index (χ4v) is 1.49. The molecule has 0 aliphatic heterocycles. The van der Waals surface area contributed by atoms with E-state index in [1.807, 2.05) is 13.0 Å². The summed E-state index contributed by atoms with van der Waals surface area (Å²) in [6.45, 7) is 3.85. The van der Waals surface area contributed by atoms with E-state index in [0.717, 1.165) is 6.42 Å². The van der Waals surface area contributed by atoms with E-state index in [9.17, 15) is 4.79 Å². The van der Waals surface area contributed by atoms with E-state index in [2.05, 4.69) is 5.32 Å². The number of hydrogen-bond acceptors (Lipinski definition) is 3. The zero-order valence-corrected chi connectivity index (χ0v) is 11.2. The van der Waals surface area contributed by atoms with Crippen LogP contribution in [0.1, 0.15) is 13.3 Å². The zero-order chi connectivity index (χ0) is 13.2. The van der Waals surface area contributed by atoms with Crippen LogP contribution in [0, 0.1) is 0 Å². The average molecular weight is 272 g/mol. The molecule has 0 atom stereocenters. The molecule has 1 rings (SSSR count). The molecule has 5 heteroatoms. The monoisotopic (exact) mass is 271 g/mol. The lowest BCUT2D eigenvalue weighted by Gasteiger charge is -2.08. The van der Waals surface area contributed by atoms with Gasteiger partial charge in [0.1, 0.15) is 5.75 Å². The zero-order valence-electron chi connectivity index (χ0n) is 10.4. The van der Waals surface area contributed by atoms with Crippen molar-refractivity contribution in [3.8, 4) is 5.75 Å². The van der Waals surface area contributed by atoms with E-state index in [1.54, 1.807) is 18.2 Å². The molecule has 0 saturated carbocycles. The van der Waals surface area contributed by atoms with Gasteiger partial charge in [0.15, 0.2) is 6.61 Å². The first-order chi connectivity index (χ1) is 8.74. The number of benzene rings is 1. The summed E-state index contributed by atoms with van der Waals surface area (Å²) in [5.41, 5.74) is 0. The minimum Gasteiger partial charge on any atom is -0.482 e. The molecular weight excluding hydrogens is 254 g/mol. The predicted octanol–water partition coefficient (Wildman–Crippen LogP) is 2.26. The molecule has 1 amide bonds. The van der Waals surface area contributed by atoms with Gasteiger partial charge in [-0.2, -0.15) is 0 Å². The Balaban J connectivity index is 2.15. The van der Waals surface area contributed by atoms with Crippen LogP contribution in [0.2, 0.25) is 5.02 Å². The lowest BCUT2D eigenvalue weighted by molar-refractivity contribution is -0.123. The van der Waals surface area contributed by atoms with Gasteiger partial charge in [0, 0.05) is 19.8 Å². The van der Waals surface area contributed by atoms with Crippen LogP contribution >= 0.6 is 11.6 Å². The Bertz CT molecular complexity index is 371. The van der Waals surface area contributed by atoms with Crippen molar-refractivity contribution in [3.05, 3.63) is 29.3 Å². The number of nitrogens with one attached hydrogen (secondary N) is 1. The van der Waals surface area contributed by atoms with Crippen molar-refractivity contribution in [2.45, 2.75) is 13.3 Å². The van der Waals surface area contributed by atoms with Crippen molar-refractivity contribution in [3.63, 3.8) is 0 Å². The van der Waals surface area contributed by atoms with E-state index >= 15 is 0 Å². The van der Waals surface area contributed by atoms with Crippen LogP contribution < -0.4 is 10.1 Å². The summed E-state index contributed by atoms with van der Waals surface area (Å²) in [5, 5.41) is 3.25. The first-order valence-corrected chi connectivity index (χ1v) is 6.33. The number of halogens is 1. The second-order valence-corrected chi connectivity index (χ2v) is 4.03. The Morgan fingerprint density at radius 1 is 1.39 bits per heavy atom. The number of para-hydroxylation sites is 1. The number of rotatable bonds is 8. The Labute approximate surface area is 112 Å². The maximum Gasteiger partial charge on any atom is 0.257 e. The smallest absolute Gasteiger partial charge is 0.257 e. The summed E-state index contributed by atoms with van der Waals surface area (Å²) in [6.07, 6.45) is 0.797. The molecule has 0 saturated heterocycles. The quantitative estimate of drug-likeness (QED) is 0.738. The molecule has 0 heterocycles. The summed E-state index contributed by atoms with van der Waals surface area (Å²) in [7, 11) is 0. The average Bonchev–Trinajstić information content (AvgIpc) is 2.37. The molecule has 0 aliphatic carbocycles. The van der Waals surface area contributed by atoms with Crippen molar-refractivity contribution >= 4 is 17.5 Å². The Kier molecular flexibility index (Phi) is 7.22. The number of amides is 1. The second kappa shape index (κ2) is 8.78. The van der Waals surface area contributed by atoms with E-state index < -0.39 is 0 Å². The third-order valence-corrected chi connectivity index (χ3v) is 2.50. The molecule has 1 aromatic rings. The third-order valence-electron chi connectivity index (χ3n) is 2.19. The highest BCUT2D eigenvalue weighted by Crippen LogP contribution is 2.22. The van der Waals surface area contributed by atoms with Crippen LogP contribution in [0.15, 0.2) is 24.3 Å². The molecule has 4 nitrogen and oxygen atoms in total. The fraction of sp³-hybridized carbons (Fsp3) is 0.462. The van der Waals surface area contributed by atoms with Crippen LogP contribution in [0.25, 0.3) is 0 Å². The Hall–Kier alpha value is -1.26. The largest absolute Gasteiger partial charge is 0.482 e. The fourth-order valence-electron chi connectivity index (χ4n) is 1.30. The molecule has 0 unspecified atom stereocenters. The summed E-state index contributed by atoms with van der Waals surface area (Å²) in [5.74, 6) is 0.357. The molecule has 1 aromatic carbocycles. The molecule has 0 bridgehead atoms. The third kappa shape index (κ3) is 5.89. The molecule has 1 N–H and O–H groups in total. The van der Waals surface area contributed by atoms with Crippen LogP contribution in [0.4, 0.5) is 0 Å². The van der Waals surface area contributed by atoms with E-state index in [0.29, 0.717) is 30.5 Å². The maximum atomic E-state index is 11.4. The van der Waals surface area contributed by atoms with Crippen LogP contribution in [0.3, 0.4) is 0 Å². The lowest BCUT2D eigenvalue weighted by atomic mass is 10.3. The van der Waals surface area contributed by atoms with Gasteiger partial charge in [-0.15, -0.1) is 0 Å². The Morgan fingerprint density at radius 3 is 2.89 bits per heavy atom. The summed E-state index contributed by atoms with van der Waals surface area (Å²) >= 11 is 5.90. The van der Waals surface area contributed by atoms with Gasteiger partial charge in [0.2, 0.25) is 0 Å². The normalized spacial score (nSPS) is 10.1. The molecule has 0 aliphatic rings. The van der Waals surface area contributed by atoms with Crippen LogP contribution in [-0.4, -0.2) is 32.3 Å². The lowest BCUT2D eigenvalue weighted by Crippen LogP contribution is -2.30.